The van der Waals surface area contributed by atoms with Gasteiger partial charge >= 0.3 is 0 Å². The molecular weight excluding hydrogens is 215 g/mol. The summed E-state index contributed by atoms with van der Waals surface area (Å²) in [5, 5.41) is 0. The zero-order valence-electron chi connectivity index (χ0n) is 11.6. The van der Waals surface area contributed by atoms with Gasteiger partial charge in [-0.2, -0.15) is 0 Å². The van der Waals surface area contributed by atoms with Crippen LogP contribution in [-0.4, -0.2) is 55.2 Å². The first-order chi connectivity index (χ1) is 7.97. The molecule has 0 radical (unpaired) electrons. The van der Waals surface area contributed by atoms with Gasteiger partial charge in [-0.05, 0) is 78.2 Å². The fraction of sp³-hybridized carbons (Fsp3) is 1.00. The summed E-state index contributed by atoms with van der Waals surface area (Å²) in [4.78, 5) is 4.78. The van der Waals surface area contributed by atoms with E-state index >= 15 is 0 Å². The largest absolute Gasteiger partial charge is 0.306 e. The number of rotatable bonds is 2. The van der Waals surface area contributed by atoms with Crippen LogP contribution in [0.4, 0.5) is 4.39 Å². The molecule has 2 rings (SSSR count). The lowest BCUT2D eigenvalue weighted by Crippen LogP contribution is -2.53. The number of hydrogen-bond acceptors (Lipinski definition) is 2. The standard InChI is InChI=1S/C14H27FN2/c1-13(2,12-15)17-10-6-14(7-11-17)4-8-16(3)9-5-14/h4-12H2,1-3H3. The van der Waals surface area contributed by atoms with Crippen LogP contribution >= 0.6 is 0 Å². The minimum atomic E-state index is -0.257. The minimum absolute atomic E-state index is 0.233. The highest BCUT2D eigenvalue weighted by Crippen LogP contribution is 2.42. The first-order valence-corrected chi connectivity index (χ1v) is 6.97. The SMILES string of the molecule is CN1CCC2(CC1)CCN(C(C)(C)CF)CC2. The third kappa shape index (κ3) is 2.82. The summed E-state index contributed by atoms with van der Waals surface area (Å²) in [6.45, 7) is 8.47. The number of alkyl halides is 1. The van der Waals surface area contributed by atoms with E-state index in [-0.39, 0.29) is 12.2 Å². The molecule has 0 unspecified atom stereocenters. The fourth-order valence-corrected chi connectivity index (χ4v) is 3.26. The van der Waals surface area contributed by atoms with Crippen molar-refractivity contribution < 1.29 is 4.39 Å². The molecule has 0 saturated carbocycles. The molecule has 2 saturated heterocycles. The Balaban J connectivity index is 1.89. The summed E-state index contributed by atoms with van der Waals surface area (Å²) < 4.78 is 13.0. The Bertz CT molecular complexity index is 247. The Kier molecular flexibility index (Phi) is 3.79. The number of likely N-dealkylation sites (tertiary alicyclic amines) is 2. The van der Waals surface area contributed by atoms with Gasteiger partial charge in [-0.3, -0.25) is 4.90 Å². The van der Waals surface area contributed by atoms with Gasteiger partial charge < -0.3 is 4.90 Å². The van der Waals surface area contributed by atoms with Gasteiger partial charge in [0.25, 0.3) is 0 Å². The van der Waals surface area contributed by atoms with E-state index in [2.05, 4.69) is 16.8 Å². The molecule has 0 aliphatic carbocycles. The molecule has 0 aromatic heterocycles. The molecule has 2 heterocycles. The molecule has 0 bridgehead atoms. The number of piperidine rings is 2. The molecule has 0 aromatic rings. The van der Waals surface area contributed by atoms with Crippen molar-refractivity contribution in [2.45, 2.75) is 45.1 Å². The smallest absolute Gasteiger partial charge is 0.107 e. The summed E-state index contributed by atoms with van der Waals surface area (Å²) in [5.74, 6) is 0. The van der Waals surface area contributed by atoms with Crippen molar-refractivity contribution >= 4 is 0 Å². The van der Waals surface area contributed by atoms with Crippen molar-refractivity contribution in [3.63, 3.8) is 0 Å². The molecule has 17 heavy (non-hydrogen) atoms. The van der Waals surface area contributed by atoms with Gasteiger partial charge in [-0.1, -0.05) is 0 Å². The molecule has 100 valence electrons. The topological polar surface area (TPSA) is 6.48 Å². The lowest BCUT2D eigenvalue weighted by atomic mass is 9.71. The highest BCUT2D eigenvalue weighted by molar-refractivity contribution is 4.93. The Hall–Kier alpha value is -0.150. The first-order valence-electron chi connectivity index (χ1n) is 6.97. The molecule has 2 fully saturated rings. The van der Waals surface area contributed by atoms with E-state index < -0.39 is 0 Å². The zero-order valence-corrected chi connectivity index (χ0v) is 11.6. The predicted molar refractivity (Wildman–Crippen MR) is 70.0 cm³/mol. The van der Waals surface area contributed by atoms with Gasteiger partial charge in [0.15, 0.2) is 0 Å². The molecule has 0 aromatic carbocycles. The number of halogens is 1. The van der Waals surface area contributed by atoms with E-state index in [0.29, 0.717) is 5.41 Å². The van der Waals surface area contributed by atoms with Gasteiger partial charge in [0.05, 0.1) is 0 Å². The van der Waals surface area contributed by atoms with Crippen LogP contribution in [0.5, 0.6) is 0 Å². The summed E-state index contributed by atoms with van der Waals surface area (Å²) >= 11 is 0. The van der Waals surface area contributed by atoms with Crippen LogP contribution < -0.4 is 0 Å². The lowest BCUT2D eigenvalue weighted by molar-refractivity contribution is -0.00522. The van der Waals surface area contributed by atoms with Crippen LogP contribution in [0.15, 0.2) is 0 Å². The zero-order chi connectivity index (χ0) is 12.5. The summed E-state index contributed by atoms with van der Waals surface area (Å²) in [5.41, 5.74) is 0.322. The quantitative estimate of drug-likeness (QED) is 0.734. The Morgan fingerprint density at radius 1 is 1.00 bits per heavy atom. The lowest BCUT2D eigenvalue weighted by Gasteiger charge is -2.49. The van der Waals surface area contributed by atoms with E-state index in [1.165, 1.54) is 38.8 Å². The Labute approximate surface area is 105 Å². The molecular formula is C14H27FN2. The molecule has 0 N–H and O–H groups in total. The number of hydrogen-bond donors (Lipinski definition) is 0. The third-order valence-corrected chi connectivity index (χ3v) is 5.05. The Morgan fingerprint density at radius 2 is 1.47 bits per heavy atom. The molecule has 2 aliphatic heterocycles. The van der Waals surface area contributed by atoms with Gasteiger partial charge in [0.1, 0.15) is 6.67 Å². The van der Waals surface area contributed by atoms with Crippen molar-refractivity contribution in [3.05, 3.63) is 0 Å². The van der Waals surface area contributed by atoms with E-state index in [1.807, 2.05) is 13.8 Å². The first kappa shape index (κ1) is 13.3. The van der Waals surface area contributed by atoms with Crippen LogP contribution in [0.25, 0.3) is 0 Å². The van der Waals surface area contributed by atoms with Crippen LogP contribution in [-0.2, 0) is 0 Å². The van der Waals surface area contributed by atoms with Crippen molar-refractivity contribution in [3.8, 4) is 0 Å². The summed E-state index contributed by atoms with van der Waals surface area (Å²) in [6.07, 6.45) is 5.22. The van der Waals surface area contributed by atoms with Crippen molar-refractivity contribution in [2.24, 2.45) is 5.41 Å². The molecule has 3 heteroatoms. The van der Waals surface area contributed by atoms with Crippen molar-refractivity contribution in [2.75, 3.05) is 39.9 Å². The van der Waals surface area contributed by atoms with Crippen LogP contribution in [0.1, 0.15) is 39.5 Å². The van der Waals surface area contributed by atoms with Crippen LogP contribution in [0.3, 0.4) is 0 Å². The highest BCUT2D eigenvalue weighted by Gasteiger charge is 2.39. The maximum atomic E-state index is 13.0. The average Bonchev–Trinajstić information content (AvgIpc) is 2.34. The van der Waals surface area contributed by atoms with E-state index in [0.717, 1.165) is 13.1 Å². The normalized spacial score (nSPS) is 27.5. The maximum absolute atomic E-state index is 13.0. The summed E-state index contributed by atoms with van der Waals surface area (Å²) in [7, 11) is 2.22. The molecule has 2 aliphatic rings. The molecule has 0 amide bonds. The van der Waals surface area contributed by atoms with Gasteiger partial charge in [-0.25, -0.2) is 4.39 Å². The van der Waals surface area contributed by atoms with E-state index in [1.54, 1.807) is 0 Å². The molecule has 0 atom stereocenters. The van der Waals surface area contributed by atoms with Gasteiger partial charge in [-0.15, -0.1) is 0 Å². The third-order valence-electron chi connectivity index (χ3n) is 5.05. The second-order valence-electron chi connectivity index (χ2n) is 6.74. The van der Waals surface area contributed by atoms with Crippen LogP contribution in [0, 0.1) is 5.41 Å². The van der Waals surface area contributed by atoms with E-state index in [4.69, 9.17) is 0 Å². The fourth-order valence-electron chi connectivity index (χ4n) is 3.26. The van der Waals surface area contributed by atoms with Gasteiger partial charge in [0, 0.05) is 5.54 Å². The van der Waals surface area contributed by atoms with Crippen molar-refractivity contribution in [1.82, 2.24) is 9.80 Å². The maximum Gasteiger partial charge on any atom is 0.107 e. The second kappa shape index (κ2) is 4.85. The van der Waals surface area contributed by atoms with Crippen LogP contribution in [0.2, 0.25) is 0 Å². The average molecular weight is 242 g/mol. The monoisotopic (exact) mass is 242 g/mol. The number of nitrogens with zero attached hydrogens (tertiary/aromatic N) is 2. The minimum Gasteiger partial charge on any atom is -0.306 e. The van der Waals surface area contributed by atoms with Crippen molar-refractivity contribution in [1.29, 1.82) is 0 Å². The Morgan fingerprint density at radius 3 is 1.94 bits per heavy atom. The molecule has 1 spiro atoms. The van der Waals surface area contributed by atoms with Gasteiger partial charge in [0.2, 0.25) is 0 Å². The highest BCUT2D eigenvalue weighted by atomic mass is 19.1. The predicted octanol–water partition coefficient (Wildman–Crippen LogP) is 2.54. The van der Waals surface area contributed by atoms with E-state index in [9.17, 15) is 4.39 Å². The molecule has 2 nitrogen and oxygen atoms in total. The summed E-state index contributed by atoms with van der Waals surface area (Å²) in [6, 6.07) is 0. The second-order valence-corrected chi connectivity index (χ2v) is 6.74.